The van der Waals surface area contributed by atoms with E-state index in [2.05, 4.69) is 10.6 Å². The van der Waals surface area contributed by atoms with Gasteiger partial charge >= 0.3 is 6.09 Å². The molecule has 0 radical (unpaired) electrons. The van der Waals surface area contributed by atoms with Crippen molar-refractivity contribution in [2.24, 2.45) is 11.8 Å². The van der Waals surface area contributed by atoms with E-state index in [-0.39, 0.29) is 17.7 Å². The average molecular weight is 444 g/mol. The van der Waals surface area contributed by atoms with Gasteiger partial charge in [-0.3, -0.25) is 9.59 Å². The number of ether oxygens (including phenoxy) is 1. The molecule has 0 aromatic heterocycles. The number of hydrogen-bond acceptors (Lipinski definition) is 4. The maximum atomic E-state index is 13.0. The molecule has 1 aliphatic heterocycles. The van der Waals surface area contributed by atoms with Gasteiger partial charge in [0.05, 0.1) is 0 Å². The van der Waals surface area contributed by atoms with Crippen molar-refractivity contribution in [1.29, 1.82) is 0 Å². The van der Waals surface area contributed by atoms with E-state index in [9.17, 15) is 14.4 Å². The van der Waals surface area contributed by atoms with Crippen LogP contribution in [0.1, 0.15) is 76.1 Å². The van der Waals surface area contributed by atoms with Crippen LogP contribution in [0.5, 0.6) is 0 Å². The van der Waals surface area contributed by atoms with Crippen LogP contribution in [0.2, 0.25) is 0 Å². The highest BCUT2D eigenvalue weighted by atomic mass is 16.6. The molecule has 1 saturated carbocycles. The van der Waals surface area contributed by atoms with Gasteiger partial charge in [0.2, 0.25) is 5.91 Å². The van der Waals surface area contributed by atoms with E-state index >= 15 is 0 Å². The van der Waals surface area contributed by atoms with Crippen molar-refractivity contribution >= 4 is 23.6 Å². The second-order valence-electron chi connectivity index (χ2n) is 10.0. The molecule has 0 spiro atoms. The summed E-state index contributed by atoms with van der Waals surface area (Å²) in [6.45, 7) is 7.38. The highest BCUT2D eigenvalue weighted by molar-refractivity contribution is 5.97. The Hall–Kier alpha value is -2.57. The Morgan fingerprint density at radius 1 is 1.03 bits per heavy atom. The topological polar surface area (TPSA) is 87.7 Å². The molecule has 7 nitrogen and oxygen atoms in total. The molecule has 176 valence electrons. The Labute approximate surface area is 191 Å². The summed E-state index contributed by atoms with van der Waals surface area (Å²) in [5.74, 6) is 0.453. The number of anilines is 1. The molecule has 0 bridgehead atoms. The number of nitrogens with one attached hydrogen (secondary N) is 2. The van der Waals surface area contributed by atoms with Crippen molar-refractivity contribution < 1.29 is 19.1 Å². The first-order valence-electron chi connectivity index (χ1n) is 11.9. The molecule has 7 heteroatoms. The summed E-state index contributed by atoms with van der Waals surface area (Å²) in [5, 5.41) is 5.83. The summed E-state index contributed by atoms with van der Waals surface area (Å²) >= 11 is 0. The van der Waals surface area contributed by atoms with Crippen molar-refractivity contribution in [1.82, 2.24) is 10.2 Å². The number of carbonyl (C=O) groups excluding carboxylic acids is 3. The summed E-state index contributed by atoms with van der Waals surface area (Å²) in [6, 6.07) is 7.24. The number of amides is 3. The van der Waals surface area contributed by atoms with Crippen LogP contribution in [0, 0.1) is 11.8 Å². The van der Waals surface area contributed by atoms with Gasteiger partial charge in [0.1, 0.15) is 5.60 Å². The number of rotatable bonds is 5. The first kappa shape index (κ1) is 24.1. The number of likely N-dealkylation sites (tertiary alicyclic amines) is 1. The van der Waals surface area contributed by atoms with E-state index in [1.54, 1.807) is 12.1 Å². The molecule has 1 aromatic rings. The Kier molecular flexibility index (Phi) is 8.15. The normalized spacial score (nSPS) is 18.2. The number of nitrogens with zero attached hydrogens (tertiary/aromatic N) is 1. The van der Waals surface area contributed by atoms with Gasteiger partial charge < -0.3 is 20.3 Å². The highest BCUT2D eigenvalue weighted by Gasteiger charge is 2.25. The Morgan fingerprint density at radius 2 is 1.72 bits per heavy atom. The van der Waals surface area contributed by atoms with E-state index in [4.69, 9.17) is 4.74 Å². The molecule has 2 N–H and O–H groups in total. The van der Waals surface area contributed by atoms with E-state index in [1.807, 2.05) is 37.8 Å². The summed E-state index contributed by atoms with van der Waals surface area (Å²) in [4.78, 5) is 39.2. The zero-order chi connectivity index (χ0) is 23.1. The second-order valence-corrected chi connectivity index (χ2v) is 10.0. The van der Waals surface area contributed by atoms with Gasteiger partial charge in [0.15, 0.2) is 0 Å². The Morgan fingerprint density at radius 3 is 2.38 bits per heavy atom. The van der Waals surface area contributed by atoms with Gasteiger partial charge in [-0.05, 0) is 70.6 Å². The first-order chi connectivity index (χ1) is 15.2. The molecular formula is C25H37N3O4. The fourth-order valence-electron chi connectivity index (χ4n) is 4.40. The molecule has 2 fully saturated rings. The smallest absolute Gasteiger partial charge is 0.407 e. The molecule has 1 heterocycles. The van der Waals surface area contributed by atoms with Gasteiger partial charge in [-0.15, -0.1) is 0 Å². The van der Waals surface area contributed by atoms with E-state index in [1.165, 1.54) is 6.42 Å². The maximum absolute atomic E-state index is 13.0. The first-order valence-corrected chi connectivity index (χ1v) is 11.9. The molecule has 1 aliphatic carbocycles. The number of benzene rings is 1. The second kappa shape index (κ2) is 10.8. The number of hydrogen-bond donors (Lipinski definition) is 2. The molecule has 1 saturated heterocycles. The highest BCUT2D eigenvalue weighted by Crippen LogP contribution is 2.25. The van der Waals surface area contributed by atoms with Gasteiger partial charge in [0.25, 0.3) is 5.91 Å². The zero-order valence-electron chi connectivity index (χ0n) is 19.6. The van der Waals surface area contributed by atoms with Crippen LogP contribution in [0.3, 0.4) is 0 Å². The van der Waals surface area contributed by atoms with Crippen LogP contribution in [0.15, 0.2) is 24.3 Å². The molecule has 32 heavy (non-hydrogen) atoms. The van der Waals surface area contributed by atoms with Crippen LogP contribution in [-0.4, -0.2) is 48.0 Å². The van der Waals surface area contributed by atoms with Gasteiger partial charge in [-0.25, -0.2) is 4.79 Å². The third-order valence-corrected chi connectivity index (χ3v) is 6.19. The minimum absolute atomic E-state index is 0.0164. The minimum atomic E-state index is -0.510. The van der Waals surface area contributed by atoms with Crippen molar-refractivity contribution in [3.05, 3.63) is 29.8 Å². The van der Waals surface area contributed by atoms with Crippen LogP contribution in [-0.2, 0) is 9.53 Å². The molecule has 1 aromatic carbocycles. The molecule has 3 rings (SSSR count). The third kappa shape index (κ3) is 7.24. The molecule has 0 unspecified atom stereocenters. The van der Waals surface area contributed by atoms with Crippen LogP contribution >= 0.6 is 0 Å². The van der Waals surface area contributed by atoms with Gasteiger partial charge in [-0.1, -0.05) is 25.3 Å². The fourth-order valence-corrected chi connectivity index (χ4v) is 4.40. The summed E-state index contributed by atoms with van der Waals surface area (Å²) in [7, 11) is 0. The van der Waals surface area contributed by atoms with E-state index in [0.29, 0.717) is 36.8 Å². The lowest BCUT2D eigenvalue weighted by Gasteiger charge is -2.32. The molecule has 0 atom stereocenters. The predicted octanol–water partition coefficient (Wildman–Crippen LogP) is 4.58. The Bertz CT molecular complexity index is 804. The summed E-state index contributed by atoms with van der Waals surface area (Å²) in [6.07, 6.45) is 6.59. The van der Waals surface area contributed by atoms with Gasteiger partial charge in [-0.2, -0.15) is 0 Å². The lowest BCUT2D eigenvalue weighted by atomic mass is 9.88. The lowest BCUT2D eigenvalue weighted by molar-refractivity contribution is -0.120. The summed E-state index contributed by atoms with van der Waals surface area (Å²) in [5.41, 5.74) is 0.768. The SMILES string of the molecule is CC(C)(C)OC(=O)NCC1CCN(C(=O)c2cccc(NC(=O)C3CCCCC3)c2)CC1. The average Bonchev–Trinajstić information content (AvgIpc) is 2.77. The third-order valence-electron chi connectivity index (χ3n) is 6.19. The lowest BCUT2D eigenvalue weighted by Crippen LogP contribution is -2.42. The molecule has 2 aliphatic rings. The van der Waals surface area contributed by atoms with Crippen molar-refractivity contribution in [2.45, 2.75) is 71.3 Å². The monoisotopic (exact) mass is 443 g/mol. The van der Waals surface area contributed by atoms with Crippen molar-refractivity contribution in [3.63, 3.8) is 0 Å². The maximum Gasteiger partial charge on any atom is 0.407 e. The van der Waals surface area contributed by atoms with Gasteiger partial charge in [0, 0.05) is 36.8 Å². The summed E-state index contributed by atoms with van der Waals surface area (Å²) < 4.78 is 5.28. The standard InChI is InChI=1S/C25H37N3O4/c1-25(2,3)32-24(31)26-17-18-12-14-28(15-13-18)23(30)20-10-7-11-21(16-20)27-22(29)19-8-5-4-6-9-19/h7,10-11,16,18-19H,4-6,8-9,12-15,17H2,1-3H3,(H,26,31)(H,27,29). The fraction of sp³-hybridized carbons (Fsp3) is 0.640. The minimum Gasteiger partial charge on any atom is -0.444 e. The van der Waals surface area contributed by atoms with Crippen LogP contribution in [0.25, 0.3) is 0 Å². The number of piperidine rings is 1. The quantitative estimate of drug-likeness (QED) is 0.697. The van der Waals surface area contributed by atoms with Crippen molar-refractivity contribution in [3.8, 4) is 0 Å². The number of alkyl carbamates (subject to hydrolysis) is 1. The van der Waals surface area contributed by atoms with Crippen LogP contribution < -0.4 is 10.6 Å². The largest absolute Gasteiger partial charge is 0.444 e. The predicted molar refractivity (Wildman–Crippen MR) is 125 cm³/mol. The number of carbonyl (C=O) groups is 3. The van der Waals surface area contributed by atoms with Crippen molar-refractivity contribution in [2.75, 3.05) is 25.0 Å². The van der Waals surface area contributed by atoms with E-state index < -0.39 is 11.7 Å². The molecule has 3 amide bonds. The Balaban J connectivity index is 1.47. The molecular weight excluding hydrogens is 406 g/mol. The zero-order valence-corrected chi connectivity index (χ0v) is 19.6. The van der Waals surface area contributed by atoms with Crippen LogP contribution in [0.4, 0.5) is 10.5 Å². The van der Waals surface area contributed by atoms with E-state index in [0.717, 1.165) is 38.5 Å².